The van der Waals surface area contributed by atoms with E-state index in [1.807, 2.05) is 13.8 Å². The maximum atomic E-state index is 12.8. The number of aryl methyl sites for hydroxylation is 1. The average Bonchev–Trinajstić information content (AvgIpc) is 2.28. The molecule has 1 heterocycles. The first-order valence-electron chi connectivity index (χ1n) is 5.58. The minimum absolute atomic E-state index is 0.145. The lowest BCUT2D eigenvalue weighted by molar-refractivity contribution is 0.627. The second kappa shape index (κ2) is 5.35. The Balaban J connectivity index is 2.15. The molecule has 1 unspecified atom stereocenters. The van der Waals surface area contributed by atoms with Crippen LogP contribution in [-0.2, 0) is 0 Å². The van der Waals surface area contributed by atoms with Crippen molar-refractivity contribution >= 4 is 17.6 Å². The molecule has 2 N–H and O–H groups in total. The summed E-state index contributed by atoms with van der Waals surface area (Å²) in [6.07, 6.45) is 0. The summed E-state index contributed by atoms with van der Waals surface area (Å²) in [6.45, 7) is 3.91. The Morgan fingerprint density at radius 1 is 1.22 bits per heavy atom. The van der Waals surface area contributed by atoms with Crippen LogP contribution in [0.4, 0.5) is 10.2 Å². The van der Waals surface area contributed by atoms with E-state index in [9.17, 15) is 4.39 Å². The predicted octanol–water partition coefficient (Wildman–Crippen LogP) is 3.36. The van der Waals surface area contributed by atoms with Gasteiger partial charge in [0, 0.05) is 17.0 Å². The van der Waals surface area contributed by atoms with Crippen LogP contribution in [0.3, 0.4) is 0 Å². The van der Waals surface area contributed by atoms with E-state index in [0.29, 0.717) is 11.0 Å². The van der Waals surface area contributed by atoms with E-state index in [-0.39, 0.29) is 11.1 Å². The summed E-state index contributed by atoms with van der Waals surface area (Å²) in [6, 6.07) is 8.18. The van der Waals surface area contributed by atoms with Gasteiger partial charge in [0.25, 0.3) is 0 Å². The molecule has 0 spiro atoms. The zero-order valence-electron chi connectivity index (χ0n) is 10.2. The van der Waals surface area contributed by atoms with Crippen LogP contribution in [0.5, 0.6) is 0 Å². The van der Waals surface area contributed by atoms with Crippen molar-refractivity contribution in [2.45, 2.75) is 24.3 Å². The first-order valence-corrected chi connectivity index (χ1v) is 6.46. The lowest BCUT2D eigenvalue weighted by atomic mass is 10.2. The number of rotatable bonds is 3. The molecular formula is C13H14FN3S. The van der Waals surface area contributed by atoms with Gasteiger partial charge in [0.1, 0.15) is 11.6 Å². The summed E-state index contributed by atoms with van der Waals surface area (Å²) in [5.41, 5.74) is 7.56. The standard InChI is InChI=1S/C13H14FN3S/c1-8-7-12(15)17-13(16-8)18-9(2)10-3-5-11(14)6-4-10/h3-7,9H,1-2H3,(H2,15,16,17). The fourth-order valence-electron chi connectivity index (χ4n) is 1.58. The number of hydrogen-bond donors (Lipinski definition) is 1. The summed E-state index contributed by atoms with van der Waals surface area (Å²) in [4.78, 5) is 8.49. The fourth-order valence-corrected chi connectivity index (χ4v) is 2.54. The van der Waals surface area contributed by atoms with Gasteiger partial charge in [0.2, 0.25) is 0 Å². The van der Waals surface area contributed by atoms with Gasteiger partial charge in [-0.15, -0.1) is 0 Å². The van der Waals surface area contributed by atoms with Crippen molar-refractivity contribution in [2.24, 2.45) is 0 Å². The van der Waals surface area contributed by atoms with E-state index < -0.39 is 0 Å². The van der Waals surface area contributed by atoms with Gasteiger partial charge in [0.15, 0.2) is 5.16 Å². The van der Waals surface area contributed by atoms with Gasteiger partial charge in [-0.3, -0.25) is 0 Å². The van der Waals surface area contributed by atoms with E-state index in [2.05, 4.69) is 9.97 Å². The lowest BCUT2D eigenvalue weighted by Crippen LogP contribution is -1.98. The minimum Gasteiger partial charge on any atom is -0.384 e. The normalized spacial score (nSPS) is 12.4. The number of nitrogens with zero attached hydrogens (tertiary/aromatic N) is 2. The third-order valence-electron chi connectivity index (χ3n) is 2.48. The Morgan fingerprint density at radius 3 is 2.50 bits per heavy atom. The van der Waals surface area contributed by atoms with Crippen molar-refractivity contribution in [1.82, 2.24) is 9.97 Å². The van der Waals surface area contributed by atoms with Crippen molar-refractivity contribution in [3.63, 3.8) is 0 Å². The summed E-state index contributed by atoms with van der Waals surface area (Å²) >= 11 is 1.51. The van der Waals surface area contributed by atoms with Gasteiger partial charge in [-0.1, -0.05) is 23.9 Å². The van der Waals surface area contributed by atoms with Gasteiger partial charge in [-0.2, -0.15) is 0 Å². The minimum atomic E-state index is -0.230. The molecule has 3 nitrogen and oxygen atoms in total. The number of nitrogens with two attached hydrogens (primary N) is 1. The molecule has 0 saturated heterocycles. The van der Waals surface area contributed by atoms with E-state index in [1.165, 1.54) is 23.9 Å². The molecule has 2 aromatic rings. The lowest BCUT2D eigenvalue weighted by Gasteiger charge is -2.11. The Bertz CT molecular complexity index is 522. The van der Waals surface area contributed by atoms with E-state index in [1.54, 1.807) is 18.2 Å². The largest absolute Gasteiger partial charge is 0.384 e. The first-order chi connectivity index (χ1) is 8.54. The second-order valence-corrected chi connectivity index (χ2v) is 5.34. The smallest absolute Gasteiger partial charge is 0.190 e. The van der Waals surface area contributed by atoms with Crippen LogP contribution >= 0.6 is 11.8 Å². The monoisotopic (exact) mass is 263 g/mol. The summed E-state index contributed by atoms with van der Waals surface area (Å²) in [5.74, 6) is 0.239. The Labute approximate surface area is 110 Å². The Kier molecular flexibility index (Phi) is 3.81. The van der Waals surface area contributed by atoms with Crippen LogP contribution in [0.15, 0.2) is 35.5 Å². The van der Waals surface area contributed by atoms with Crippen molar-refractivity contribution in [1.29, 1.82) is 0 Å². The number of anilines is 1. The molecule has 18 heavy (non-hydrogen) atoms. The molecule has 1 aromatic carbocycles. The molecule has 0 saturated carbocycles. The molecule has 0 bridgehead atoms. The van der Waals surface area contributed by atoms with Crippen LogP contribution in [0, 0.1) is 12.7 Å². The fraction of sp³-hybridized carbons (Fsp3) is 0.231. The number of halogens is 1. The average molecular weight is 263 g/mol. The highest BCUT2D eigenvalue weighted by Gasteiger charge is 2.10. The van der Waals surface area contributed by atoms with Crippen molar-refractivity contribution in [3.8, 4) is 0 Å². The zero-order valence-corrected chi connectivity index (χ0v) is 11.0. The molecule has 2 rings (SSSR count). The molecule has 0 fully saturated rings. The quantitative estimate of drug-likeness (QED) is 0.681. The van der Waals surface area contributed by atoms with E-state index >= 15 is 0 Å². The molecular weight excluding hydrogens is 249 g/mol. The molecule has 94 valence electrons. The second-order valence-electron chi connectivity index (χ2n) is 4.03. The summed E-state index contributed by atoms with van der Waals surface area (Å²) in [7, 11) is 0. The zero-order chi connectivity index (χ0) is 13.1. The SMILES string of the molecule is Cc1cc(N)nc(SC(C)c2ccc(F)cc2)n1. The number of benzene rings is 1. The maximum absolute atomic E-state index is 12.8. The molecule has 5 heteroatoms. The summed E-state index contributed by atoms with van der Waals surface area (Å²) in [5, 5.41) is 0.788. The number of aromatic nitrogens is 2. The number of thioether (sulfide) groups is 1. The maximum Gasteiger partial charge on any atom is 0.190 e. The van der Waals surface area contributed by atoms with Gasteiger partial charge < -0.3 is 5.73 Å². The molecule has 0 aliphatic carbocycles. The number of nitrogen functional groups attached to an aromatic ring is 1. The Morgan fingerprint density at radius 2 is 1.89 bits per heavy atom. The van der Waals surface area contributed by atoms with Gasteiger partial charge in [-0.25, -0.2) is 14.4 Å². The van der Waals surface area contributed by atoms with Gasteiger partial charge in [-0.05, 0) is 31.5 Å². The van der Waals surface area contributed by atoms with E-state index in [4.69, 9.17) is 5.73 Å². The van der Waals surface area contributed by atoms with Crippen LogP contribution in [0.1, 0.15) is 23.4 Å². The van der Waals surface area contributed by atoms with Gasteiger partial charge in [0.05, 0.1) is 0 Å². The first kappa shape index (κ1) is 12.8. The predicted molar refractivity (Wildman–Crippen MR) is 71.9 cm³/mol. The number of hydrogen-bond acceptors (Lipinski definition) is 4. The summed E-state index contributed by atoms with van der Waals surface area (Å²) < 4.78 is 12.8. The topological polar surface area (TPSA) is 51.8 Å². The van der Waals surface area contributed by atoms with Crippen molar-refractivity contribution < 1.29 is 4.39 Å². The third kappa shape index (κ3) is 3.20. The Hall–Kier alpha value is -1.62. The van der Waals surface area contributed by atoms with Gasteiger partial charge >= 0.3 is 0 Å². The molecule has 1 atom stereocenters. The van der Waals surface area contributed by atoms with Crippen LogP contribution in [0.25, 0.3) is 0 Å². The highest BCUT2D eigenvalue weighted by molar-refractivity contribution is 7.99. The van der Waals surface area contributed by atoms with Crippen molar-refractivity contribution in [2.75, 3.05) is 5.73 Å². The van der Waals surface area contributed by atoms with E-state index in [0.717, 1.165) is 11.3 Å². The molecule has 1 aromatic heterocycles. The van der Waals surface area contributed by atoms with Crippen LogP contribution < -0.4 is 5.73 Å². The molecule has 0 aliphatic rings. The molecule has 0 radical (unpaired) electrons. The van der Waals surface area contributed by atoms with Crippen LogP contribution in [-0.4, -0.2) is 9.97 Å². The van der Waals surface area contributed by atoms with Crippen molar-refractivity contribution in [3.05, 3.63) is 47.4 Å². The highest BCUT2D eigenvalue weighted by atomic mass is 32.2. The molecule has 0 aliphatic heterocycles. The highest BCUT2D eigenvalue weighted by Crippen LogP contribution is 2.33. The van der Waals surface area contributed by atoms with Crippen LogP contribution in [0.2, 0.25) is 0 Å². The third-order valence-corrected chi connectivity index (χ3v) is 3.49. The molecule has 0 amide bonds.